The second-order valence-electron chi connectivity index (χ2n) is 2.87. The van der Waals surface area contributed by atoms with Crippen molar-refractivity contribution in [2.24, 2.45) is 0 Å². The summed E-state index contributed by atoms with van der Waals surface area (Å²) in [7, 11) is 0. The minimum atomic E-state index is -0.176. The minimum absolute atomic E-state index is 0.176. The zero-order valence-corrected chi connectivity index (χ0v) is 9.48. The second-order valence-corrected chi connectivity index (χ2v) is 4.62. The van der Waals surface area contributed by atoms with E-state index in [0.29, 0.717) is 15.8 Å². The van der Waals surface area contributed by atoms with E-state index in [0.717, 1.165) is 16.9 Å². The Hall–Kier alpha value is -1.47. The van der Waals surface area contributed by atoms with Gasteiger partial charge in [0.1, 0.15) is 0 Å². The summed E-state index contributed by atoms with van der Waals surface area (Å²) >= 11 is 2.64. The van der Waals surface area contributed by atoms with Crippen molar-refractivity contribution in [3.63, 3.8) is 0 Å². The topological polar surface area (TPSA) is 80.9 Å². The Bertz CT molecular complexity index is 490. The first-order valence-corrected chi connectivity index (χ1v) is 5.86. The van der Waals surface area contributed by atoms with Gasteiger partial charge in [0.15, 0.2) is 0 Å². The summed E-state index contributed by atoms with van der Waals surface area (Å²) in [5.41, 5.74) is 7.01. The fraction of sp³-hybridized carbons (Fsp3) is 0.125. The molecule has 0 aliphatic heterocycles. The molecular weight excluding hydrogens is 232 g/mol. The zero-order valence-electron chi connectivity index (χ0n) is 7.85. The van der Waals surface area contributed by atoms with Gasteiger partial charge in [0.05, 0.1) is 5.56 Å². The van der Waals surface area contributed by atoms with E-state index in [1.807, 2.05) is 12.3 Å². The SMILES string of the molecule is Cc1cscc1C(=O)Nc1nnc(N)s1. The van der Waals surface area contributed by atoms with Crippen molar-refractivity contribution in [1.29, 1.82) is 0 Å². The molecule has 0 aliphatic carbocycles. The second kappa shape index (κ2) is 3.95. The first-order valence-electron chi connectivity index (χ1n) is 4.10. The number of carbonyl (C=O) groups excluding carboxylic acids is 1. The van der Waals surface area contributed by atoms with Crippen LogP contribution >= 0.6 is 22.7 Å². The van der Waals surface area contributed by atoms with Crippen LogP contribution in [0.15, 0.2) is 10.8 Å². The van der Waals surface area contributed by atoms with Gasteiger partial charge in [0.2, 0.25) is 10.3 Å². The zero-order chi connectivity index (χ0) is 10.8. The lowest BCUT2D eigenvalue weighted by Crippen LogP contribution is -2.11. The van der Waals surface area contributed by atoms with E-state index in [1.165, 1.54) is 11.3 Å². The summed E-state index contributed by atoms with van der Waals surface area (Å²) < 4.78 is 0. The molecule has 0 aliphatic rings. The molecule has 2 aromatic heterocycles. The van der Waals surface area contributed by atoms with E-state index >= 15 is 0 Å². The molecule has 2 aromatic rings. The first kappa shape index (κ1) is 10.1. The number of nitrogens with two attached hydrogens (primary N) is 1. The number of hydrogen-bond donors (Lipinski definition) is 2. The van der Waals surface area contributed by atoms with Crippen molar-refractivity contribution < 1.29 is 4.79 Å². The lowest BCUT2D eigenvalue weighted by atomic mass is 10.2. The number of nitrogens with zero attached hydrogens (tertiary/aromatic N) is 2. The first-order chi connectivity index (χ1) is 7.16. The van der Waals surface area contributed by atoms with Crippen molar-refractivity contribution >= 4 is 38.8 Å². The molecule has 0 radical (unpaired) electrons. The molecule has 1 amide bonds. The predicted molar refractivity (Wildman–Crippen MR) is 61.3 cm³/mol. The quantitative estimate of drug-likeness (QED) is 0.837. The van der Waals surface area contributed by atoms with Gasteiger partial charge in [-0.05, 0) is 17.9 Å². The Morgan fingerprint density at radius 3 is 2.80 bits per heavy atom. The van der Waals surface area contributed by atoms with Gasteiger partial charge in [0.25, 0.3) is 5.91 Å². The van der Waals surface area contributed by atoms with Gasteiger partial charge in [0, 0.05) is 5.38 Å². The Kier molecular flexibility index (Phi) is 2.65. The van der Waals surface area contributed by atoms with Crippen molar-refractivity contribution in [1.82, 2.24) is 10.2 Å². The average molecular weight is 240 g/mol. The highest BCUT2D eigenvalue weighted by molar-refractivity contribution is 7.19. The van der Waals surface area contributed by atoms with Gasteiger partial charge in [-0.25, -0.2) is 0 Å². The average Bonchev–Trinajstić information content (AvgIpc) is 2.75. The van der Waals surface area contributed by atoms with Crippen molar-refractivity contribution in [3.8, 4) is 0 Å². The third kappa shape index (κ3) is 2.13. The largest absolute Gasteiger partial charge is 0.374 e. The van der Waals surface area contributed by atoms with E-state index in [2.05, 4.69) is 15.5 Å². The van der Waals surface area contributed by atoms with Crippen LogP contribution in [0.5, 0.6) is 0 Å². The molecule has 7 heteroatoms. The fourth-order valence-electron chi connectivity index (χ4n) is 1.04. The van der Waals surface area contributed by atoms with Crippen molar-refractivity contribution in [2.45, 2.75) is 6.92 Å². The Morgan fingerprint density at radius 1 is 1.47 bits per heavy atom. The third-order valence-electron chi connectivity index (χ3n) is 1.76. The van der Waals surface area contributed by atoms with Gasteiger partial charge >= 0.3 is 0 Å². The number of hydrogen-bond acceptors (Lipinski definition) is 6. The van der Waals surface area contributed by atoms with Crippen LogP contribution in [0, 0.1) is 6.92 Å². The molecule has 0 fully saturated rings. The number of nitrogens with one attached hydrogen (secondary N) is 1. The molecule has 15 heavy (non-hydrogen) atoms. The molecule has 0 spiro atoms. The molecule has 3 N–H and O–H groups in total. The number of carbonyl (C=O) groups is 1. The number of rotatable bonds is 2. The smallest absolute Gasteiger partial charge is 0.258 e. The number of aromatic nitrogens is 2. The standard InChI is InChI=1S/C8H8N4OS2/c1-4-2-14-3-5(4)6(13)10-8-12-11-7(9)15-8/h2-3H,1H3,(H2,9,11)(H,10,12,13). The highest BCUT2D eigenvalue weighted by atomic mass is 32.1. The van der Waals surface area contributed by atoms with Gasteiger partial charge in [-0.1, -0.05) is 11.3 Å². The van der Waals surface area contributed by atoms with E-state index < -0.39 is 0 Å². The van der Waals surface area contributed by atoms with Crippen LogP contribution < -0.4 is 11.1 Å². The van der Waals surface area contributed by atoms with Crippen LogP contribution in [0.4, 0.5) is 10.3 Å². The molecule has 0 unspecified atom stereocenters. The summed E-state index contributed by atoms with van der Waals surface area (Å²) in [6, 6.07) is 0. The molecule has 2 heterocycles. The van der Waals surface area contributed by atoms with E-state index in [4.69, 9.17) is 5.73 Å². The van der Waals surface area contributed by atoms with Crippen LogP contribution in [0.1, 0.15) is 15.9 Å². The van der Waals surface area contributed by atoms with Crippen molar-refractivity contribution in [2.75, 3.05) is 11.1 Å². The predicted octanol–water partition coefficient (Wildman–Crippen LogP) is 1.74. The van der Waals surface area contributed by atoms with Gasteiger partial charge in [-0.3, -0.25) is 10.1 Å². The number of thiophene rings is 1. The van der Waals surface area contributed by atoms with Gasteiger partial charge in [-0.2, -0.15) is 11.3 Å². The maximum atomic E-state index is 11.7. The van der Waals surface area contributed by atoms with E-state index in [-0.39, 0.29) is 5.91 Å². The highest BCUT2D eigenvalue weighted by Gasteiger charge is 2.11. The summed E-state index contributed by atoms with van der Waals surface area (Å²) in [6.45, 7) is 1.89. The summed E-state index contributed by atoms with van der Waals surface area (Å²) in [5, 5.41) is 14.4. The van der Waals surface area contributed by atoms with Crippen LogP contribution in [0.25, 0.3) is 0 Å². The maximum Gasteiger partial charge on any atom is 0.258 e. The number of amides is 1. The monoisotopic (exact) mass is 240 g/mol. The van der Waals surface area contributed by atoms with E-state index in [9.17, 15) is 4.79 Å². The van der Waals surface area contributed by atoms with Crippen LogP contribution in [0.3, 0.4) is 0 Å². The summed E-state index contributed by atoms with van der Waals surface area (Å²) in [5.74, 6) is -0.176. The number of anilines is 2. The highest BCUT2D eigenvalue weighted by Crippen LogP contribution is 2.19. The normalized spacial score (nSPS) is 10.2. The molecule has 0 saturated heterocycles. The minimum Gasteiger partial charge on any atom is -0.374 e. The molecular formula is C8H8N4OS2. The van der Waals surface area contributed by atoms with E-state index in [1.54, 1.807) is 5.38 Å². The fourth-order valence-corrected chi connectivity index (χ4v) is 2.38. The Morgan fingerprint density at radius 2 is 2.27 bits per heavy atom. The van der Waals surface area contributed by atoms with Crippen LogP contribution in [-0.4, -0.2) is 16.1 Å². The third-order valence-corrected chi connectivity index (χ3v) is 3.29. The molecule has 5 nitrogen and oxygen atoms in total. The molecule has 2 rings (SSSR count). The number of nitrogen functional groups attached to an aromatic ring is 1. The maximum absolute atomic E-state index is 11.7. The summed E-state index contributed by atoms with van der Waals surface area (Å²) in [4.78, 5) is 11.7. The summed E-state index contributed by atoms with van der Waals surface area (Å²) in [6.07, 6.45) is 0. The lowest BCUT2D eigenvalue weighted by molar-refractivity contribution is 0.102. The molecule has 78 valence electrons. The van der Waals surface area contributed by atoms with Crippen LogP contribution in [0.2, 0.25) is 0 Å². The molecule has 0 bridgehead atoms. The molecule has 0 saturated carbocycles. The molecule has 0 aromatic carbocycles. The van der Waals surface area contributed by atoms with Gasteiger partial charge in [-0.15, -0.1) is 10.2 Å². The molecule has 0 atom stereocenters. The van der Waals surface area contributed by atoms with Crippen molar-refractivity contribution in [3.05, 3.63) is 21.9 Å². The lowest BCUT2D eigenvalue weighted by Gasteiger charge is -1.98. The van der Waals surface area contributed by atoms with Crippen LogP contribution in [-0.2, 0) is 0 Å². The van der Waals surface area contributed by atoms with Gasteiger partial charge < -0.3 is 5.73 Å². The number of aryl methyl sites for hydroxylation is 1. The Balaban J connectivity index is 2.14. The Labute approximate surface area is 94.0 Å².